The fourth-order valence-electron chi connectivity index (χ4n) is 3.16. The van der Waals surface area contributed by atoms with Gasteiger partial charge in [-0.05, 0) is 24.7 Å². The maximum atomic E-state index is 10.3. The van der Waals surface area contributed by atoms with Crippen molar-refractivity contribution < 1.29 is 5.11 Å². The molecule has 102 valence electrons. The van der Waals surface area contributed by atoms with Crippen molar-refractivity contribution in [1.29, 1.82) is 0 Å². The first kappa shape index (κ1) is 15.0. The van der Waals surface area contributed by atoms with Gasteiger partial charge in [-0.2, -0.15) is 0 Å². The Morgan fingerprint density at radius 2 is 1.53 bits per heavy atom. The van der Waals surface area contributed by atoms with Gasteiger partial charge in [0.25, 0.3) is 0 Å². The number of rotatable bonds is 8. The number of hydrogen-bond acceptors (Lipinski definition) is 1. The van der Waals surface area contributed by atoms with Crippen molar-refractivity contribution in [1.82, 2.24) is 0 Å². The number of unbranched alkanes of at least 4 members (excludes halogenated alkanes) is 5. The van der Waals surface area contributed by atoms with Crippen molar-refractivity contribution in [2.24, 2.45) is 5.41 Å². The van der Waals surface area contributed by atoms with Crippen LogP contribution in [0.2, 0.25) is 0 Å². The summed E-state index contributed by atoms with van der Waals surface area (Å²) < 4.78 is 0. The maximum Gasteiger partial charge on any atom is 0.0593 e. The van der Waals surface area contributed by atoms with E-state index in [9.17, 15) is 5.11 Å². The SMILES string of the molecule is CCCCCCCCC(O)C1(C)CCCCC1. The highest BCUT2D eigenvalue weighted by atomic mass is 16.3. The molecule has 1 nitrogen and oxygen atoms in total. The third kappa shape index (κ3) is 5.42. The van der Waals surface area contributed by atoms with Crippen molar-refractivity contribution in [3.05, 3.63) is 0 Å². The standard InChI is InChI=1S/C16H32O/c1-3-4-5-6-7-9-12-15(17)16(2)13-10-8-11-14-16/h15,17H,3-14H2,1-2H3. The van der Waals surface area contributed by atoms with Gasteiger partial charge in [-0.25, -0.2) is 0 Å². The molecule has 1 aliphatic carbocycles. The van der Waals surface area contributed by atoms with Crippen LogP contribution in [0.15, 0.2) is 0 Å². The average molecular weight is 240 g/mol. The van der Waals surface area contributed by atoms with Gasteiger partial charge in [0.15, 0.2) is 0 Å². The first-order valence-corrected chi connectivity index (χ1v) is 7.87. The van der Waals surface area contributed by atoms with E-state index in [-0.39, 0.29) is 11.5 Å². The van der Waals surface area contributed by atoms with Gasteiger partial charge in [-0.3, -0.25) is 0 Å². The molecule has 0 bridgehead atoms. The predicted octanol–water partition coefficient (Wildman–Crippen LogP) is 5.07. The molecule has 0 heterocycles. The fourth-order valence-corrected chi connectivity index (χ4v) is 3.16. The lowest BCUT2D eigenvalue weighted by Crippen LogP contribution is -2.34. The summed E-state index contributed by atoms with van der Waals surface area (Å²) >= 11 is 0. The lowest BCUT2D eigenvalue weighted by atomic mass is 9.70. The summed E-state index contributed by atoms with van der Waals surface area (Å²) in [6.45, 7) is 4.56. The highest BCUT2D eigenvalue weighted by Crippen LogP contribution is 2.40. The smallest absolute Gasteiger partial charge is 0.0593 e. The van der Waals surface area contributed by atoms with E-state index in [1.807, 2.05) is 0 Å². The second-order valence-corrected chi connectivity index (χ2v) is 6.29. The highest BCUT2D eigenvalue weighted by molar-refractivity contribution is 4.85. The van der Waals surface area contributed by atoms with Crippen molar-refractivity contribution in [3.63, 3.8) is 0 Å². The monoisotopic (exact) mass is 240 g/mol. The van der Waals surface area contributed by atoms with Crippen LogP contribution in [0.5, 0.6) is 0 Å². The second kappa shape index (κ2) is 8.13. The molecule has 0 spiro atoms. The minimum atomic E-state index is -0.0472. The van der Waals surface area contributed by atoms with Crippen LogP contribution in [0.25, 0.3) is 0 Å². The van der Waals surface area contributed by atoms with E-state index in [0.29, 0.717) is 0 Å². The van der Waals surface area contributed by atoms with Crippen molar-refractivity contribution in [2.75, 3.05) is 0 Å². The summed E-state index contributed by atoms with van der Waals surface area (Å²) in [6.07, 6.45) is 15.5. The number of aliphatic hydroxyl groups is 1. The van der Waals surface area contributed by atoms with E-state index >= 15 is 0 Å². The number of hydrogen-bond donors (Lipinski definition) is 1. The molecule has 0 aromatic carbocycles. The zero-order valence-electron chi connectivity index (χ0n) is 12.0. The van der Waals surface area contributed by atoms with Crippen LogP contribution in [0.1, 0.15) is 90.9 Å². The molecule has 1 N–H and O–H groups in total. The summed E-state index contributed by atoms with van der Waals surface area (Å²) in [5.41, 5.74) is 0.238. The molecular formula is C16H32O. The summed E-state index contributed by atoms with van der Waals surface area (Å²) in [5.74, 6) is 0. The van der Waals surface area contributed by atoms with Crippen molar-refractivity contribution >= 4 is 0 Å². The second-order valence-electron chi connectivity index (χ2n) is 6.29. The molecule has 17 heavy (non-hydrogen) atoms. The van der Waals surface area contributed by atoms with Gasteiger partial charge in [0.1, 0.15) is 0 Å². The van der Waals surface area contributed by atoms with Crippen molar-refractivity contribution in [3.8, 4) is 0 Å². The fraction of sp³-hybridized carbons (Fsp3) is 1.00. The summed E-state index contributed by atoms with van der Waals surface area (Å²) in [4.78, 5) is 0. The van der Waals surface area contributed by atoms with E-state index < -0.39 is 0 Å². The normalized spacial score (nSPS) is 21.4. The van der Waals surface area contributed by atoms with Gasteiger partial charge in [-0.15, -0.1) is 0 Å². The molecule has 0 aromatic rings. The molecule has 0 aromatic heterocycles. The molecular weight excluding hydrogens is 208 g/mol. The predicted molar refractivity (Wildman–Crippen MR) is 75.2 cm³/mol. The van der Waals surface area contributed by atoms with Gasteiger partial charge >= 0.3 is 0 Å². The van der Waals surface area contributed by atoms with E-state index in [1.165, 1.54) is 70.6 Å². The van der Waals surface area contributed by atoms with Crippen LogP contribution in [0.4, 0.5) is 0 Å². The summed E-state index contributed by atoms with van der Waals surface area (Å²) in [5, 5.41) is 10.3. The Morgan fingerprint density at radius 1 is 0.941 bits per heavy atom. The van der Waals surface area contributed by atoms with Gasteiger partial charge < -0.3 is 5.11 Å². The molecule has 1 saturated carbocycles. The van der Waals surface area contributed by atoms with Gasteiger partial charge in [0, 0.05) is 0 Å². The molecule has 0 amide bonds. The van der Waals surface area contributed by atoms with Crippen LogP contribution in [0.3, 0.4) is 0 Å². The third-order valence-corrected chi connectivity index (χ3v) is 4.63. The Hall–Kier alpha value is -0.0400. The topological polar surface area (TPSA) is 20.2 Å². The van der Waals surface area contributed by atoms with E-state index in [4.69, 9.17) is 0 Å². The zero-order valence-corrected chi connectivity index (χ0v) is 12.0. The Labute approximate surface area is 108 Å². The summed E-state index contributed by atoms with van der Waals surface area (Å²) in [6, 6.07) is 0. The van der Waals surface area contributed by atoms with Crippen LogP contribution in [0, 0.1) is 5.41 Å². The number of aliphatic hydroxyl groups excluding tert-OH is 1. The summed E-state index contributed by atoms with van der Waals surface area (Å²) in [7, 11) is 0. The molecule has 0 radical (unpaired) electrons. The van der Waals surface area contributed by atoms with Crippen LogP contribution < -0.4 is 0 Å². The van der Waals surface area contributed by atoms with E-state index in [0.717, 1.165) is 6.42 Å². The van der Waals surface area contributed by atoms with Gasteiger partial charge in [0.2, 0.25) is 0 Å². The molecule has 1 heteroatoms. The van der Waals surface area contributed by atoms with Crippen LogP contribution in [-0.2, 0) is 0 Å². The molecule has 1 rings (SSSR count). The lowest BCUT2D eigenvalue weighted by molar-refractivity contribution is 0.00267. The van der Waals surface area contributed by atoms with Crippen LogP contribution in [-0.4, -0.2) is 11.2 Å². The largest absolute Gasteiger partial charge is 0.393 e. The lowest BCUT2D eigenvalue weighted by Gasteiger charge is -2.38. The van der Waals surface area contributed by atoms with Gasteiger partial charge in [0.05, 0.1) is 6.10 Å². The molecule has 1 unspecified atom stereocenters. The molecule has 1 fully saturated rings. The zero-order chi connectivity index (χ0) is 12.6. The van der Waals surface area contributed by atoms with Crippen molar-refractivity contribution in [2.45, 2.75) is 97.0 Å². The minimum absolute atomic E-state index is 0.0472. The van der Waals surface area contributed by atoms with E-state index in [2.05, 4.69) is 13.8 Å². The van der Waals surface area contributed by atoms with Gasteiger partial charge in [-0.1, -0.05) is 71.6 Å². The molecule has 0 aliphatic heterocycles. The van der Waals surface area contributed by atoms with E-state index in [1.54, 1.807) is 0 Å². The Morgan fingerprint density at radius 3 is 2.18 bits per heavy atom. The Balaban J connectivity index is 2.09. The van der Waals surface area contributed by atoms with Crippen LogP contribution >= 0.6 is 0 Å². The quantitative estimate of drug-likeness (QED) is 0.587. The first-order valence-electron chi connectivity index (χ1n) is 7.87. The molecule has 1 atom stereocenters. The first-order chi connectivity index (χ1) is 8.19. The molecule has 0 saturated heterocycles. The Bertz CT molecular complexity index is 182. The Kier molecular flexibility index (Phi) is 7.18. The highest BCUT2D eigenvalue weighted by Gasteiger charge is 2.33. The minimum Gasteiger partial charge on any atom is -0.393 e. The maximum absolute atomic E-state index is 10.3. The average Bonchev–Trinajstić information content (AvgIpc) is 2.34. The molecule has 1 aliphatic rings. The third-order valence-electron chi connectivity index (χ3n) is 4.63.